The van der Waals surface area contributed by atoms with Crippen molar-refractivity contribution in [3.05, 3.63) is 23.8 Å². The molecule has 0 aromatic heterocycles. The van der Waals surface area contributed by atoms with Gasteiger partial charge >= 0.3 is 0 Å². The van der Waals surface area contributed by atoms with Crippen LogP contribution in [-0.2, 0) is 4.74 Å². The molecule has 0 spiro atoms. The molecule has 1 aliphatic heterocycles. The summed E-state index contributed by atoms with van der Waals surface area (Å²) in [7, 11) is 0. The Morgan fingerprint density at radius 3 is 2.67 bits per heavy atom. The van der Waals surface area contributed by atoms with Crippen molar-refractivity contribution in [2.24, 2.45) is 0 Å². The normalized spacial score (nSPS) is 17.3. The molecule has 2 rings (SSSR count). The molecule has 3 heteroatoms. The first kappa shape index (κ1) is 7.43. The van der Waals surface area contributed by atoms with E-state index in [0.717, 1.165) is 18.8 Å². The molecular weight excluding hydrogens is 154 g/mol. The first-order valence-corrected chi connectivity index (χ1v) is 3.93. The second-order valence-corrected chi connectivity index (χ2v) is 3.05. The third-order valence-electron chi connectivity index (χ3n) is 2.16. The number of hydrogen-bond donors (Lipinski definition) is 2. The van der Waals surface area contributed by atoms with E-state index >= 15 is 0 Å². The molecule has 64 valence electrons. The molecule has 1 heterocycles. The first-order chi connectivity index (χ1) is 5.77. The standard InChI is InChI=1S/C9H11NO2/c10-8-3-6(1-2-9(8)11)7-4-12-5-7/h1-3,7,11H,4-5,10H2. The Morgan fingerprint density at radius 2 is 2.17 bits per heavy atom. The highest BCUT2D eigenvalue weighted by atomic mass is 16.5. The van der Waals surface area contributed by atoms with E-state index in [1.54, 1.807) is 6.07 Å². The summed E-state index contributed by atoms with van der Waals surface area (Å²) >= 11 is 0. The van der Waals surface area contributed by atoms with E-state index in [-0.39, 0.29) is 5.75 Å². The lowest BCUT2D eigenvalue weighted by Crippen LogP contribution is -2.24. The van der Waals surface area contributed by atoms with Crippen LogP contribution in [-0.4, -0.2) is 18.3 Å². The van der Waals surface area contributed by atoms with Gasteiger partial charge in [0.05, 0.1) is 18.9 Å². The molecule has 0 saturated carbocycles. The van der Waals surface area contributed by atoms with E-state index in [9.17, 15) is 0 Å². The fourth-order valence-electron chi connectivity index (χ4n) is 1.26. The van der Waals surface area contributed by atoms with Gasteiger partial charge in [0.25, 0.3) is 0 Å². The zero-order valence-electron chi connectivity index (χ0n) is 6.66. The van der Waals surface area contributed by atoms with Crippen molar-refractivity contribution in [1.82, 2.24) is 0 Å². The van der Waals surface area contributed by atoms with Crippen molar-refractivity contribution < 1.29 is 9.84 Å². The molecule has 0 radical (unpaired) electrons. The fraction of sp³-hybridized carbons (Fsp3) is 0.333. The van der Waals surface area contributed by atoms with Crippen LogP contribution in [0.1, 0.15) is 11.5 Å². The monoisotopic (exact) mass is 165 g/mol. The van der Waals surface area contributed by atoms with Crippen LogP contribution in [0, 0.1) is 0 Å². The van der Waals surface area contributed by atoms with Crippen LogP contribution in [0.3, 0.4) is 0 Å². The molecule has 0 unspecified atom stereocenters. The van der Waals surface area contributed by atoms with Crippen LogP contribution < -0.4 is 5.73 Å². The van der Waals surface area contributed by atoms with E-state index < -0.39 is 0 Å². The summed E-state index contributed by atoms with van der Waals surface area (Å²) in [5, 5.41) is 9.16. The highest BCUT2D eigenvalue weighted by Crippen LogP contribution is 2.29. The Kier molecular flexibility index (Phi) is 1.66. The lowest BCUT2D eigenvalue weighted by molar-refractivity contribution is 0.00843. The topological polar surface area (TPSA) is 55.5 Å². The third-order valence-corrected chi connectivity index (χ3v) is 2.16. The predicted molar refractivity (Wildman–Crippen MR) is 46.1 cm³/mol. The largest absolute Gasteiger partial charge is 0.506 e. The number of phenolic OH excluding ortho intramolecular Hbond substituents is 1. The zero-order valence-corrected chi connectivity index (χ0v) is 6.66. The molecule has 1 aromatic rings. The van der Waals surface area contributed by atoms with Gasteiger partial charge in [-0.3, -0.25) is 0 Å². The zero-order chi connectivity index (χ0) is 8.55. The summed E-state index contributed by atoms with van der Waals surface area (Å²) in [4.78, 5) is 0. The van der Waals surface area contributed by atoms with Crippen LogP contribution in [0.25, 0.3) is 0 Å². The van der Waals surface area contributed by atoms with E-state index in [4.69, 9.17) is 15.6 Å². The quantitative estimate of drug-likeness (QED) is 0.483. The van der Waals surface area contributed by atoms with Gasteiger partial charge in [0.2, 0.25) is 0 Å². The highest BCUT2D eigenvalue weighted by molar-refractivity contribution is 5.54. The number of aromatic hydroxyl groups is 1. The summed E-state index contributed by atoms with van der Waals surface area (Å²) in [6, 6.07) is 5.32. The lowest BCUT2D eigenvalue weighted by atomic mass is 9.97. The van der Waals surface area contributed by atoms with E-state index in [1.807, 2.05) is 12.1 Å². The second kappa shape index (κ2) is 2.68. The van der Waals surface area contributed by atoms with E-state index in [1.165, 1.54) is 0 Å². The van der Waals surface area contributed by atoms with Crippen LogP contribution >= 0.6 is 0 Å². The average Bonchev–Trinajstić information content (AvgIpc) is 1.93. The predicted octanol–water partition coefficient (Wildman–Crippen LogP) is 1.09. The SMILES string of the molecule is Nc1cc(C2COC2)ccc1O. The number of phenols is 1. The summed E-state index contributed by atoms with van der Waals surface area (Å²) < 4.78 is 5.06. The van der Waals surface area contributed by atoms with Crippen molar-refractivity contribution in [3.8, 4) is 5.75 Å². The molecule has 1 fully saturated rings. The van der Waals surface area contributed by atoms with Gasteiger partial charge in [-0.2, -0.15) is 0 Å². The number of benzene rings is 1. The first-order valence-electron chi connectivity index (χ1n) is 3.93. The Hall–Kier alpha value is -1.22. The minimum Gasteiger partial charge on any atom is -0.506 e. The number of nitrogen functional groups attached to an aromatic ring is 1. The van der Waals surface area contributed by atoms with Crippen LogP contribution in [0.2, 0.25) is 0 Å². The number of hydrogen-bond acceptors (Lipinski definition) is 3. The molecule has 1 aliphatic rings. The number of anilines is 1. The van der Waals surface area contributed by atoms with Crippen LogP contribution in [0.15, 0.2) is 18.2 Å². The number of nitrogens with two attached hydrogens (primary N) is 1. The molecule has 0 atom stereocenters. The summed E-state index contributed by atoms with van der Waals surface area (Å²) in [6.45, 7) is 1.54. The molecule has 3 nitrogen and oxygen atoms in total. The Morgan fingerprint density at radius 1 is 1.42 bits per heavy atom. The van der Waals surface area contributed by atoms with Crippen molar-refractivity contribution in [2.45, 2.75) is 5.92 Å². The summed E-state index contributed by atoms with van der Waals surface area (Å²) in [5.74, 6) is 0.617. The molecule has 1 aromatic carbocycles. The smallest absolute Gasteiger partial charge is 0.138 e. The molecule has 0 amide bonds. The molecular formula is C9H11NO2. The van der Waals surface area contributed by atoms with Crippen molar-refractivity contribution in [1.29, 1.82) is 0 Å². The molecule has 0 aliphatic carbocycles. The maximum absolute atomic E-state index is 9.16. The number of rotatable bonds is 1. The maximum Gasteiger partial charge on any atom is 0.138 e. The van der Waals surface area contributed by atoms with Crippen LogP contribution in [0.5, 0.6) is 5.75 Å². The minimum atomic E-state index is 0.152. The minimum absolute atomic E-state index is 0.152. The van der Waals surface area contributed by atoms with Gasteiger partial charge in [0.1, 0.15) is 5.75 Å². The Balaban J connectivity index is 2.27. The van der Waals surface area contributed by atoms with Crippen molar-refractivity contribution >= 4 is 5.69 Å². The second-order valence-electron chi connectivity index (χ2n) is 3.05. The van der Waals surface area contributed by atoms with Gasteiger partial charge < -0.3 is 15.6 Å². The average molecular weight is 165 g/mol. The number of ether oxygens (including phenoxy) is 1. The van der Waals surface area contributed by atoms with Gasteiger partial charge in [0, 0.05) is 5.92 Å². The maximum atomic E-state index is 9.16. The van der Waals surface area contributed by atoms with Gasteiger partial charge in [-0.15, -0.1) is 0 Å². The third kappa shape index (κ3) is 1.12. The Labute approximate surface area is 70.8 Å². The highest BCUT2D eigenvalue weighted by Gasteiger charge is 2.20. The lowest BCUT2D eigenvalue weighted by Gasteiger charge is -2.26. The van der Waals surface area contributed by atoms with Gasteiger partial charge in [-0.1, -0.05) is 6.07 Å². The van der Waals surface area contributed by atoms with Crippen molar-refractivity contribution in [2.75, 3.05) is 18.9 Å². The van der Waals surface area contributed by atoms with Crippen molar-refractivity contribution in [3.63, 3.8) is 0 Å². The van der Waals surface area contributed by atoms with E-state index in [2.05, 4.69) is 0 Å². The van der Waals surface area contributed by atoms with Crippen LogP contribution in [0.4, 0.5) is 5.69 Å². The van der Waals surface area contributed by atoms with Gasteiger partial charge in [-0.25, -0.2) is 0 Å². The molecule has 3 N–H and O–H groups in total. The summed E-state index contributed by atoms with van der Waals surface area (Å²) in [6.07, 6.45) is 0. The fourth-order valence-corrected chi connectivity index (χ4v) is 1.26. The van der Waals surface area contributed by atoms with Gasteiger partial charge in [-0.05, 0) is 17.7 Å². The summed E-state index contributed by atoms with van der Waals surface area (Å²) in [5.41, 5.74) is 7.14. The molecule has 1 saturated heterocycles. The van der Waals surface area contributed by atoms with Gasteiger partial charge in [0.15, 0.2) is 0 Å². The molecule has 0 bridgehead atoms. The Bertz CT molecular complexity index is 295. The molecule has 12 heavy (non-hydrogen) atoms. The van der Waals surface area contributed by atoms with E-state index in [0.29, 0.717) is 11.6 Å².